The molecule has 2 rings (SSSR count). The molecule has 4 N–H and O–H groups in total. The van der Waals surface area contributed by atoms with Gasteiger partial charge in [0.05, 0.1) is 5.56 Å². The fourth-order valence-electron chi connectivity index (χ4n) is 2.74. The van der Waals surface area contributed by atoms with Crippen molar-refractivity contribution >= 4 is 27.5 Å². The molecule has 19 heavy (non-hydrogen) atoms. The van der Waals surface area contributed by atoms with E-state index in [1.165, 1.54) is 6.42 Å². The monoisotopic (exact) mass is 325 g/mol. The van der Waals surface area contributed by atoms with Gasteiger partial charge in [-0.3, -0.25) is 4.79 Å². The van der Waals surface area contributed by atoms with E-state index in [-0.39, 0.29) is 5.91 Å². The highest BCUT2D eigenvalue weighted by Gasteiger charge is 2.22. The number of hydrogen-bond acceptors (Lipinski definition) is 3. The highest BCUT2D eigenvalue weighted by molar-refractivity contribution is 9.10. The number of nitrogens with two attached hydrogens (primary N) is 2. The minimum Gasteiger partial charge on any atom is -0.371 e. The summed E-state index contributed by atoms with van der Waals surface area (Å²) in [6.07, 6.45) is 3.40. The van der Waals surface area contributed by atoms with Gasteiger partial charge in [0, 0.05) is 23.2 Å². The van der Waals surface area contributed by atoms with Gasteiger partial charge in [0.2, 0.25) is 0 Å². The largest absolute Gasteiger partial charge is 0.371 e. The van der Waals surface area contributed by atoms with Crippen molar-refractivity contribution < 1.29 is 4.79 Å². The van der Waals surface area contributed by atoms with Gasteiger partial charge in [-0.2, -0.15) is 0 Å². The number of rotatable bonds is 4. The van der Waals surface area contributed by atoms with Crippen LogP contribution in [0.2, 0.25) is 0 Å². The molecule has 0 aliphatic carbocycles. The molecule has 1 heterocycles. The minimum absolute atomic E-state index is 0.378. The Bertz CT molecular complexity index is 462. The molecule has 4 nitrogen and oxygen atoms in total. The molecular formula is C14H20BrN3O. The zero-order valence-electron chi connectivity index (χ0n) is 10.9. The normalized spacial score (nSPS) is 19.5. The molecular weight excluding hydrogens is 306 g/mol. The van der Waals surface area contributed by atoms with E-state index in [0.29, 0.717) is 11.5 Å². The number of nitrogens with zero attached hydrogens (tertiary/aromatic N) is 1. The second kappa shape index (κ2) is 6.39. The number of benzene rings is 1. The van der Waals surface area contributed by atoms with Crippen LogP contribution in [0.4, 0.5) is 5.69 Å². The summed E-state index contributed by atoms with van der Waals surface area (Å²) in [7, 11) is 0. The Hall–Kier alpha value is -1.07. The maximum atomic E-state index is 11.6. The van der Waals surface area contributed by atoms with E-state index in [0.717, 1.165) is 42.6 Å². The first-order chi connectivity index (χ1) is 9.11. The Morgan fingerprint density at radius 2 is 2.26 bits per heavy atom. The first kappa shape index (κ1) is 14.3. The Labute approximate surface area is 122 Å². The average Bonchev–Trinajstić information content (AvgIpc) is 2.39. The zero-order valence-corrected chi connectivity index (χ0v) is 12.5. The van der Waals surface area contributed by atoms with E-state index < -0.39 is 0 Å². The Morgan fingerprint density at radius 3 is 2.95 bits per heavy atom. The average molecular weight is 326 g/mol. The van der Waals surface area contributed by atoms with Crippen molar-refractivity contribution in [1.29, 1.82) is 0 Å². The van der Waals surface area contributed by atoms with Gasteiger partial charge in [-0.1, -0.05) is 15.9 Å². The van der Waals surface area contributed by atoms with Crippen molar-refractivity contribution in [2.45, 2.75) is 19.3 Å². The van der Waals surface area contributed by atoms with Gasteiger partial charge in [-0.05, 0) is 49.9 Å². The maximum Gasteiger partial charge on any atom is 0.250 e. The molecule has 0 aromatic heterocycles. The molecule has 1 aromatic rings. The van der Waals surface area contributed by atoms with Crippen LogP contribution in [0.25, 0.3) is 0 Å². The Kier molecular flexibility index (Phi) is 4.82. The molecule has 5 heteroatoms. The predicted octanol–water partition coefficient (Wildman–Crippen LogP) is 2.11. The maximum absolute atomic E-state index is 11.6. The summed E-state index contributed by atoms with van der Waals surface area (Å²) in [5.41, 5.74) is 12.6. The second-order valence-electron chi connectivity index (χ2n) is 5.06. The van der Waals surface area contributed by atoms with Gasteiger partial charge in [-0.25, -0.2) is 0 Å². The number of carbonyl (C=O) groups is 1. The Morgan fingerprint density at radius 1 is 1.47 bits per heavy atom. The van der Waals surface area contributed by atoms with Crippen molar-refractivity contribution in [3.63, 3.8) is 0 Å². The molecule has 104 valence electrons. The lowest BCUT2D eigenvalue weighted by molar-refractivity contribution is 0.100. The summed E-state index contributed by atoms with van der Waals surface area (Å²) in [5, 5.41) is 0. The summed E-state index contributed by atoms with van der Waals surface area (Å²) in [6.45, 7) is 2.66. The highest BCUT2D eigenvalue weighted by atomic mass is 79.9. The van der Waals surface area contributed by atoms with Gasteiger partial charge in [0.25, 0.3) is 5.91 Å². The third kappa shape index (κ3) is 3.48. The molecule has 1 atom stereocenters. The first-order valence-corrected chi connectivity index (χ1v) is 7.45. The van der Waals surface area contributed by atoms with Crippen LogP contribution in [0.15, 0.2) is 22.7 Å². The summed E-state index contributed by atoms with van der Waals surface area (Å²) < 4.78 is 0.876. The van der Waals surface area contributed by atoms with E-state index in [1.54, 1.807) is 6.07 Å². The number of anilines is 1. The van der Waals surface area contributed by atoms with Crippen LogP contribution in [0, 0.1) is 5.92 Å². The van der Waals surface area contributed by atoms with Crippen LogP contribution >= 0.6 is 15.9 Å². The van der Waals surface area contributed by atoms with Crippen molar-refractivity contribution in [3.05, 3.63) is 28.2 Å². The number of piperidine rings is 1. The lowest BCUT2D eigenvalue weighted by Gasteiger charge is -2.35. The fourth-order valence-corrected chi connectivity index (χ4v) is 3.10. The molecule has 1 aromatic carbocycles. The smallest absolute Gasteiger partial charge is 0.250 e. The van der Waals surface area contributed by atoms with Crippen LogP contribution in [0.5, 0.6) is 0 Å². The molecule has 1 amide bonds. The molecule has 1 saturated heterocycles. The van der Waals surface area contributed by atoms with Crippen LogP contribution < -0.4 is 16.4 Å². The van der Waals surface area contributed by atoms with E-state index in [4.69, 9.17) is 11.5 Å². The highest BCUT2D eigenvalue weighted by Crippen LogP contribution is 2.29. The fraction of sp³-hybridized carbons (Fsp3) is 0.500. The van der Waals surface area contributed by atoms with E-state index in [9.17, 15) is 4.79 Å². The molecule has 0 saturated carbocycles. The summed E-state index contributed by atoms with van der Waals surface area (Å²) in [4.78, 5) is 13.8. The zero-order chi connectivity index (χ0) is 13.8. The number of halogens is 1. The number of carbonyl (C=O) groups excluding carboxylic acids is 1. The molecule has 0 spiro atoms. The quantitative estimate of drug-likeness (QED) is 0.890. The van der Waals surface area contributed by atoms with E-state index in [2.05, 4.69) is 20.8 Å². The van der Waals surface area contributed by atoms with Crippen LogP contribution in [0.1, 0.15) is 29.6 Å². The number of hydrogen-bond donors (Lipinski definition) is 2. The molecule has 1 aliphatic rings. The first-order valence-electron chi connectivity index (χ1n) is 6.66. The third-order valence-electron chi connectivity index (χ3n) is 3.66. The lowest BCUT2D eigenvalue weighted by atomic mass is 9.94. The summed E-state index contributed by atoms with van der Waals surface area (Å²) in [5.74, 6) is 0.236. The van der Waals surface area contributed by atoms with E-state index in [1.807, 2.05) is 12.1 Å². The summed E-state index contributed by atoms with van der Waals surface area (Å²) >= 11 is 3.38. The van der Waals surface area contributed by atoms with Crippen molar-refractivity contribution in [3.8, 4) is 0 Å². The minimum atomic E-state index is -0.378. The van der Waals surface area contributed by atoms with Crippen LogP contribution in [0.3, 0.4) is 0 Å². The molecule has 1 unspecified atom stereocenters. The number of amides is 1. The topological polar surface area (TPSA) is 72.3 Å². The van der Waals surface area contributed by atoms with Crippen LogP contribution in [-0.4, -0.2) is 25.5 Å². The standard InChI is InChI=1S/C14H20BrN3O/c15-11-3-4-13(12(8-11)14(17)19)18-7-1-2-10(9-18)5-6-16/h3-4,8,10H,1-2,5-7,9,16H2,(H2,17,19). The van der Waals surface area contributed by atoms with Gasteiger partial charge in [0.15, 0.2) is 0 Å². The third-order valence-corrected chi connectivity index (χ3v) is 4.15. The van der Waals surface area contributed by atoms with Crippen molar-refractivity contribution in [2.24, 2.45) is 17.4 Å². The second-order valence-corrected chi connectivity index (χ2v) is 5.97. The van der Waals surface area contributed by atoms with E-state index >= 15 is 0 Å². The molecule has 0 radical (unpaired) electrons. The van der Waals surface area contributed by atoms with Crippen molar-refractivity contribution in [2.75, 3.05) is 24.5 Å². The molecule has 1 aliphatic heterocycles. The molecule has 0 bridgehead atoms. The van der Waals surface area contributed by atoms with Gasteiger partial charge >= 0.3 is 0 Å². The Balaban J connectivity index is 2.23. The SMILES string of the molecule is NCCC1CCCN(c2ccc(Br)cc2C(N)=O)C1. The van der Waals surface area contributed by atoms with Crippen LogP contribution in [-0.2, 0) is 0 Å². The number of primary amides is 1. The molecule has 1 fully saturated rings. The van der Waals surface area contributed by atoms with Gasteiger partial charge in [-0.15, -0.1) is 0 Å². The van der Waals surface area contributed by atoms with Crippen molar-refractivity contribution in [1.82, 2.24) is 0 Å². The van der Waals surface area contributed by atoms with Gasteiger partial charge in [0.1, 0.15) is 0 Å². The predicted molar refractivity (Wildman–Crippen MR) is 81.3 cm³/mol. The lowest BCUT2D eigenvalue weighted by Crippen LogP contribution is -2.37. The summed E-state index contributed by atoms with van der Waals surface area (Å²) in [6, 6.07) is 5.72. The van der Waals surface area contributed by atoms with Gasteiger partial charge < -0.3 is 16.4 Å².